The number of carbonyl (C=O) groups is 2. The lowest BCUT2D eigenvalue weighted by atomic mass is 9.95. The summed E-state index contributed by atoms with van der Waals surface area (Å²) in [7, 11) is -2.59. The van der Waals surface area contributed by atoms with E-state index in [2.05, 4.69) is 25.9 Å². The van der Waals surface area contributed by atoms with Crippen LogP contribution >= 0.6 is 24.0 Å². The first-order chi connectivity index (χ1) is 16.8. The van der Waals surface area contributed by atoms with Gasteiger partial charge in [-0.15, -0.1) is 12.4 Å². The standard InChI is InChI=1S/C23H22ClN5O5S.ClH/c1-13-4-6-16(20(21(13)35(32)33)34-15-8-10-25-12-15)22(30)28-17-3-2-9-26-19(17)23(31)29-18-7-5-14(24)11-27-18;/h2-7,9,11,15,20,25H,8,10,12H2,1H3,(H,28,30)(H,27,29,31);1H/t15?,20-;/m0./s1. The summed E-state index contributed by atoms with van der Waals surface area (Å²) < 4.78 is 30.1. The van der Waals surface area contributed by atoms with Crippen LogP contribution in [0.15, 0.2) is 60.0 Å². The molecule has 0 aromatic carbocycles. The fourth-order valence-corrected chi connectivity index (χ4v) is 4.52. The Morgan fingerprint density at radius 3 is 2.61 bits per heavy atom. The van der Waals surface area contributed by atoms with Gasteiger partial charge in [0.2, 0.25) is 10.3 Å². The summed E-state index contributed by atoms with van der Waals surface area (Å²) in [5.74, 6) is -0.949. The molecular formula is C23H23Cl2N5O5S. The molecule has 10 nitrogen and oxygen atoms in total. The molecule has 36 heavy (non-hydrogen) atoms. The van der Waals surface area contributed by atoms with Crippen molar-refractivity contribution in [3.8, 4) is 0 Å². The molecule has 1 aliphatic heterocycles. The zero-order chi connectivity index (χ0) is 24.9. The maximum Gasteiger partial charge on any atom is 0.277 e. The van der Waals surface area contributed by atoms with Crippen LogP contribution in [0.4, 0.5) is 11.5 Å². The van der Waals surface area contributed by atoms with Crippen LogP contribution in [0.1, 0.15) is 23.8 Å². The molecule has 13 heteroatoms. The number of amides is 2. The van der Waals surface area contributed by atoms with Crippen LogP contribution in [0.2, 0.25) is 5.02 Å². The second-order valence-electron chi connectivity index (χ2n) is 7.87. The molecule has 2 atom stereocenters. The molecule has 0 radical (unpaired) electrons. The summed E-state index contributed by atoms with van der Waals surface area (Å²) >= 11 is 5.83. The number of nitrogens with one attached hydrogen (secondary N) is 3. The molecule has 1 aliphatic carbocycles. The van der Waals surface area contributed by atoms with Crippen molar-refractivity contribution in [3.05, 3.63) is 70.7 Å². The van der Waals surface area contributed by atoms with Gasteiger partial charge in [0, 0.05) is 18.9 Å². The Balaban J connectivity index is 0.00000361. The summed E-state index contributed by atoms with van der Waals surface area (Å²) in [5.41, 5.74) is 0.691. The molecule has 3 heterocycles. The molecule has 0 spiro atoms. The molecule has 2 aromatic heterocycles. The molecule has 0 bridgehead atoms. The number of hydrogen-bond donors (Lipinski definition) is 3. The van der Waals surface area contributed by atoms with Crippen molar-refractivity contribution in [2.24, 2.45) is 0 Å². The smallest absolute Gasteiger partial charge is 0.277 e. The van der Waals surface area contributed by atoms with Crippen LogP contribution in [0, 0.1) is 0 Å². The highest BCUT2D eigenvalue weighted by molar-refractivity contribution is 7.73. The molecule has 2 amide bonds. The highest BCUT2D eigenvalue weighted by atomic mass is 35.5. The van der Waals surface area contributed by atoms with Gasteiger partial charge in [-0.1, -0.05) is 23.8 Å². The third-order valence-electron chi connectivity index (χ3n) is 5.45. The Hall–Kier alpha value is -3.09. The van der Waals surface area contributed by atoms with E-state index in [4.69, 9.17) is 16.3 Å². The fourth-order valence-electron chi connectivity index (χ4n) is 3.72. The molecule has 3 N–H and O–H groups in total. The van der Waals surface area contributed by atoms with E-state index in [0.717, 1.165) is 6.54 Å². The summed E-state index contributed by atoms with van der Waals surface area (Å²) in [6, 6.07) is 6.19. The van der Waals surface area contributed by atoms with E-state index in [0.29, 0.717) is 23.6 Å². The number of rotatable bonds is 6. The van der Waals surface area contributed by atoms with E-state index in [1.807, 2.05) is 0 Å². The Morgan fingerprint density at radius 1 is 1.14 bits per heavy atom. The van der Waals surface area contributed by atoms with Gasteiger partial charge in [0.25, 0.3) is 11.8 Å². The van der Waals surface area contributed by atoms with Gasteiger partial charge in [-0.2, -0.15) is 8.42 Å². The molecule has 0 saturated carbocycles. The van der Waals surface area contributed by atoms with E-state index < -0.39 is 28.2 Å². The topological polar surface area (TPSA) is 139 Å². The van der Waals surface area contributed by atoms with Crippen LogP contribution < -0.4 is 16.0 Å². The average Bonchev–Trinajstić information content (AvgIpc) is 3.34. The number of nitrogens with zero attached hydrogens (tertiary/aromatic N) is 2. The van der Waals surface area contributed by atoms with Crippen molar-refractivity contribution in [1.29, 1.82) is 0 Å². The third kappa shape index (κ3) is 6.37. The SMILES string of the molecule is CC1=CC=C(C(=O)Nc2cccnc2C(=O)Nc2ccc(Cl)cn2)[C@H](OC2CCNC2)C1=S(=O)=O.Cl. The van der Waals surface area contributed by atoms with Gasteiger partial charge in [0.1, 0.15) is 16.8 Å². The fraction of sp³-hybridized carbons (Fsp3) is 0.261. The lowest BCUT2D eigenvalue weighted by molar-refractivity contribution is -0.114. The lowest BCUT2D eigenvalue weighted by Crippen LogP contribution is -2.39. The molecule has 2 aromatic rings. The first-order valence-electron chi connectivity index (χ1n) is 10.7. The number of hydrogen-bond acceptors (Lipinski definition) is 8. The highest BCUT2D eigenvalue weighted by Crippen LogP contribution is 2.25. The summed E-state index contributed by atoms with van der Waals surface area (Å²) in [6.45, 7) is 2.94. The van der Waals surface area contributed by atoms with E-state index in [9.17, 15) is 18.0 Å². The van der Waals surface area contributed by atoms with Crippen molar-refractivity contribution >= 4 is 62.5 Å². The second-order valence-corrected chi connectivity index (χ2v) is 9.22. The molecular weight excluding hydrogens is 529 g/mol. The van der Waals surface area contributed by atoms with Crippen LogP contribution in [-0.2, 0) is 19.8 Å². The van der Waals surface area contributed by atoms with Crippen molar-refractivity contribution in [2.45, 2.75) is 25.6 Å². The molecule has 4 rings (SSSR count). The number of ether oxygens (including phenoxy) is 1. The van der Waals surface area contributed by atoms with Gasteiger partial charge >= 0.3 is 0 Å². The maximum atomic E-state index is 13.3. The number of anilines is 2. The molecule has 1 saturated heterocycles. The van der Waals surface area contributed by atoms with Crippen LogP contribution in [-0.4, -0.2) is 60.4 Å². The minimum absolute atomic E-state index is 0. The number of carbonyl (C=O) groups excluding carboxylic acids is 2. The van der Waals surface area contributed by atoms with Gasteiger partial charge < -0.3 is 20.7 Å². The highest BCUT2D eigenvalue weighted by Gasteiger charge is 2.34. The molecule has 190 valence electrons. The van der Waals surface area contributed by atoms with Crippen LogP contribution in [0.5, 0.6) is 0 Å². The van der Waals surface area contributed by atoms with Gasteiger partial charge in [0.15, 0.2) is 5.69 Å². The van der Waals surface area contributed by atoms with Gasteiger partial charge in [0.05, 0.1) is 22.4 Å². The monoisotopic (exact) mass is 551 g/mol. The first-order valence-corrected chi connectivity index (χ1v) is 12.2. The second kappa shape index (κ2) is 12.2. The first kappa shape index (κ1) is 27.5. The van der Waals surface area contributed by atoms with Gasteiger partial charge in [-0.3, -0.25) is 9.59 Å². The lowest BCUT2D eigenvalue weighted by Gasteiger charge is -2.27. The van der Waals surface area contributed by atoms with Gasteiger partial charge in [-0.05, 0) is 49.7 Å². The Labute approximate surface area is 220 Å². The van der Waals surface area contributed by atoms with Crippen molar-refractivity contribution in [3.63, 3.8) is 0 Å². The quantitative estimate of drug-likeness (QED) is 0.465. The zero-order valence-corrected chi connectivity index (χ0v) is 21.4. The van der Waals surface area contributed by atoms with E-state index in [-0.39, 0.29) is 46.1 Å². The summed E-state index contributed by atoms with van der Waals surface area (Å²) in [6.07, 6.45) is 5.26. The zero-order valence-electron chi connectivity index (χ0n) is 19.0. The van der Waals surface area contributed by atoms with Crippen molar-refractivity contribution in [2.75, 3.05) is 23.7 Å². The number of aromatic nitrogens is 2. The Bertz CT molecular complexity index is 1350. The largest absolute Gasteiger partial charge is 0.363 e. The van der Waals surface area contributed by atoms with Gasteiger partial charge in [-0.25, -0.2) is 9.97 Å². The minimum atomic E-state index is -2.59. The van der Waals surface area contributed by atoms with Crippen molar-refractivity contribution in [1.82, 2.24) is 15.3 Å². The Kier molecular flexibility index (Phi) is 9.35. The average molecular weight is 552 g/mol. The number of pyridine rings is 2. The molecule has 2 aliphatic rings. The van der Waals surface area contributed by atoms with E-state index >= 15 is 0 Å². The third-order valence-corrected chi connectivity index (χ3v) is 6.57. The normalized spacial score (nSPS) is 19.0. The van der Waals surface area contributed by atoms with Crippen molar-refractivity contribution < 1.29 is 22.7 Å². The molecule has 1 fully saturated rings. The Morgan fingerprint density at radius 2 is 1.94 bits per heavy atom. The predicted molar refractivity (Wildman–Crippen MR) is 139 cm³/mol. The van der Waals surface area contributed by atoms with E-state index in [1.54, 1.807) is 25.1 Å². The minimum Gasteiger partial charge on any atom is -0.363 e. The number of allylic oxidation sites excluding steroid dienone is 2. The summed E-state index contributed by atoms with van der Waals surface area (Å²) in [4.78, 5) is 34.2. The molecule has 1 unspecified atom stereocenters. The maximum absolute atomic E-state index is 13.3. The van der Waals surface area contributed by atoms with Crippen LogP contribution in [0.25, 0.3) is 0 Å². The van der Waals surface area contributed by atoms with Crippen LogP contribution in [0.3, 0.4) is 0 Å². The summed E-state index contributed by atoms with van der Waals surface area (Å²) in [5, 5.41) is 8.85. The predicted octanol–water partition coefficient (Wildman–Crippen LogP) is 2.43. The van der Waals surface area contributed by atoms with E-state index in [1.165, 1.54) is 30.6 Å². The number of halogens is 2.